The van der Waals surface area contributed by atoms with Gasteiger partial charge in [-0.25, -0.2) is 0 Å². The Kier molecular flexibility index (Phi) is 5.58. The van der Waals surface area contributed by atoms with Crippen molar-refractivity contribution in [3.05, 3.63) is 18.4 Å². The van der Waals surface area contributed by atoms with Crippen molar-refractivity contribution >= 4 is 11.8 Å². The molecule has 0 heterocycles. The first-order valence-electron chi connectivity index (χ1n) is 4.50. The summed E-state index contributed by atoms with van der Waals surface area (Å²) in [5, 5.41) is 0. The van der Waals surface area contributed by atoms with Crippen LogP contribution in [-0.4, -0.2) is 18.9 Å². The SMILES string of the molecule is C=C=CCC(C(=O)OC)C(=O)C(C)C. The molecule has 0 saturated heterocycles. The summed E-state index contributed by atoms with van der Waals surface area (Å²) in [4.78, 5) is 22.8. The predicted octanol–water partition coefficient (Wildman–Crippen LogP) is 1.73. The van der Waals surface area contributed by atoms with Gasteiger partial charge in [0.25, 0.3) is 0 Å². The lowest BCUT2D eigenvalue weighted by molar-refractivity contribution is -0.150. The number of Topliss-reactive ketones (excluding diaryl/α,β-unsaturated/α-hetero) is 1. The summed E-state index contributed by atoms with van der Waals surface area (Å²) in [5.74, 6) is -1.48. The molecule has 0 aromatic rings. The third-order valence-electron chi connectivity index (χ3n) is 1.90. The molecule has 0 amide bonds. The van der Waals surface area contributed by atoms with E-state index in [1.165, 1.54) is 7.11 Å². The maximum absolute atomic E-state index is 11.6. The van der Waals surface area contributed by atoms with Crippen molar-refractivity contribution in [2.24, 2.45) is 11.8 Å². The molecule has 14 heavy (non-hydrogen) atoms. The Balaban J connectivity index is 4.62. The first kappa shape index (κ1) is 12.7. The fourth-order valence-electron chi connectivity index (χ4n) is 1.07. The summed E-state index contributed by atoms with van der Waals surface area (Å²) in [5.41, 5.74) is 2.54. The minimum Gasteiger partial charge on any atom is -0.468 e. The van der Waals surface area contributed by atoms with Crippen LogP contribution in [0.1, 0.15) is 20.3 Å². The van der Waals surface area contributed by atoms with Crippen molar-refractivity contribution in [1.29, 1.82) is 0 Å². The van der Waals surface area contributed by atoms with E-state index in [4.69, 9.17) is 0 Å². The van der Waals surface area contributed by atoms with E-state index in [9.17, 15) is 9.59 Å². The highest BCUT2D eigenvalue weighted by Crippen LogP contribution is 2.13. The summed E-state index contributed by atoms with van der Waals surface area (Å²) in [6.07, 6.45) is 1.88. The summed E-state index contributed by atoms with van der Waals surface area (Å²) >= 11 is 0. The lowest BCUT2D eigenvalue weighted by Crippen LogP contribution is -2.28. The highest BCUT2D eigenvalue weighted by Gasteiger charge is 2.27. The number of carbonyl (C=O) groups excluding carboxylic acids is 2. The second-order valence-electron chi connectivity index (χ2n) is 3.28. The van der Waals surface area contributed by atoms with Crippen molar-refractivity contribution in [1.82, 2.24) is 0 Å². The second-order valence-corrected chi connectivity index (χ2v) is 3.28. The smallest absolute Gasteiger partial charge is 0.316 e. The van der Waals surface area contributed by atoms with Gasteiger partial charge in [0.2, 0.25) is 0 Å². The van der Waals surface area contributed by atoms with Crippen LogP contribution in [0.4, 0.5) is 0 Å². The monoisotopic (exact) mass is 196 g/mol. The van der Waals surface area contributed by atoms with Crippen LogP contribution >= 0.6 is 0 Å². The Bertz CT molecular complexity index is 260. The molecule has 0 aliphatic rings. The number of carbonyl (C=O) groups is 2. The van der Waals surface area contributed by atoms with E-state index in [-0.39, 0.29) is 11.7 Å². The van der Waals surface area contributed by atoms with Crippen LogP contribution in [0.15, 0.2) is 18.4 Å². The number of ketones is 1. The molecule has 0 bridgehead atoms. The number of esters is 1. The van der Waals surface area contributed by atoms with Gasteiger partial charge in [0.15, 0.2) is 0 Å². The largest absolute Gasteiger partial charge is 0.468 e. The molecule has 0 aromatic heterocycles. The maximum atomic E-state index is 11.6. The molecule has 3 heteroatoms. The average Bonchev–Trinajstić information content (AvgIpc) is 2.17. The lowest BCUT2D eigenvalue weighted by atomic mass is 9.92. The van der Waals surface area contributed by atoms with E-state index in [2.05, 4.69) is 17.0 Å². The number of hydrogen-bond donors (Lipinski definition) is 0. The number of rotatable bonds is 5. The first-order valence-corrected chi connectivity index (χ1v) is 4.50. The molecular formula is C11H16O3. The molecule has 0 fully saturated rings. The normalized spacial score (nSPS) is 11.7. The molecule has 0 spiro atoms. The van der Waals surface area contributed by atoms with Gasteiger partial charge in [-0.1, -0.05) is 20.4 Å². The number of ether oxygens (including phenoxy) is 1. The van der Waals surface area contributed by atoms with Crippen molar-refractivity contribution in [3.63, 3.8) is 0 Å². The Labute approximate surface area is 84.4 Å². The summed E-state index contributed by atoms with van der Waals surface area (Å²) in [6.45, 7) is 6.90. The lowest BCUT2D eigenvalue weighted by Gasteiger charge is -2.13. The highest BCUT2D eigenvalue weighted by molar-refractivity contribution is 5.99. The Hall–Kier alpha value is -1.34. The summed E-state index contributed by atoms with van der Waals surface area (Å²) in [7, 11) is 1.28. The molecule has 0 rings (SSSR count). The summed E-state index contributed by atoms with van der Waals surface area (Å²) < 4.78 is 4.55. The van der Waals surface area contributed by atoms with E-state index >= 15 is 0 Å². The minimum absolute atomic E-state index is 0.108. The van der Waals surface area contributed by atoms with Crippen LogP contribution in [0.2, 0.25) is 0 Å². The average molecular weight is 196 g/mol. The minimum atomic E-state index is -0.714. The zero-order valence-electron chi connectivity index (χ0n) is 8.87. The Morgan fingerprint density at radius 2 is 2.07 bits per heavy atom. The molecule has 0 N–H and O–H groups in total. The van der Waals surface area contributed by atoms with Crippen LogP contribution in [0.3, 0.4) is 0 Å². The van der Waals surface area contributed by atoms with Crippen LogP contribution in [0, 0.1) is 11.8 Å². The number of allylic oxidation sites excluding steroid dienone is 1. The molecule has 1 unspecified atom stereocenters. The Morgan fingerprint density at radius 1 is 1.50 bits per heavy atom. The van der Waals surface area contributed by atoms with Gasteiger partial charge in [0.1, 0.15) is 11.7 Å². The second kappa shape index (κ2) is 6.17. The molecular weight excluding hydrogens is 180 g/mol. The van der Waals surface area contributed by atoms with E-state index in [1.54, 1.807) is 19.9 Å². The molecule has 1 atom stereocenters. The van der Waals surface area contributed by atoms with Gasteiger partial charge in [-0.05, 0) is 12.5 Å². The van der Waals surface area contributed by atoms with Gasteiger partial charge in [-0.15, -0.1) is 5.73 Å². The van der Waals surface area contributed by atoms with Crippen molar-refractivity contribution in [2.45, 2.75) is 20.3 Å². The van der Waals surface area contributed by atoms with Crippen LogP contribution in [0.5, 0.6) is 0 Å². The van der Waals surface area contributed by atoms with Crippen molar-refractivity contribution < 1.29 is 14.3 Å². The van der Waals surface area contributed by atoms with E-state index in [1.807, 2.05) is 0 Å². The van der Waals surface area contributed by atoms with E-state index in [0.29, 0.717) is 6.42 Å². The molecule has 0 aromatic carbocycles. The molecule has 3 nitrogen and oxygen atoms in total. The number of hydrogen-bond acceptors (Lipinski definition) is 3. The maximum Gasteiger partial charge on any atom is 0.316 e. The van der Waals surface area contributed by atoms with Crippen molar-refractivity contribution in [3.8, 4) is 0 Å². The zero-order valence-corrected chi connectivity index (χ0v) is 8.87. The molecule has 0 aliphatic carbocycles. The van der Waals surface area contributed by atoms with Gasteiger partial charge in [0, 0.05) is 5.92 Å². The molecule has 0 saturated carbocycles. The van der Waals surface area contributed by atoms with Crippen LogP contribution < -0.4 is 0 Å². The standard InChI is InChI=1S/C11H16O3/c1-5-6-7-9(11(13)14-4)10(12)8(2)3/h6,8-9H,1,7H2,2-4H3. The summed E-state index contributed by atoms with van der Waals surface area (Å²) in [6, 6.07) is 0. The number of methoxy groups -OCH3 is 1. The predicted molar refractivity (Wildman–Crippen MR) is 53.7 cm³/mol. The highest BCUT2D eigenvalue weighted by atomic mass is 16.5. The topological polar surface area (TPSA) is 43.4 Å². The van der Waals surface area contributed by atoms with Gasteiger partial charge < -0.3 is 4.74 Å². The first-order chi connectivity index (χ1) is 6.54. The molecule has 78 valence electrons. The van der Waals surface area contributed by atoms with Gasteiger partial charge in [-0.3, -0.25) is 9.59 Å². The quantitative estimate of drug-likeness (QED) is 0.382. The van der Waals surface area contributed by atoms with Gasteiger partial charge in [-0.2, -0.15) is 0 Å². The van der Waals surface area contributed by atoms with E-state index < -0.39 is 11.9 Å². The third-order valence-corrected chi connectivity index (χ3v) is 1.90. The fraction of sp³-hybridized carbons (Fsp3) is 0.545. The Morgan fingerprint density at radius 3 is 2.43 bits per heavy atom. The van der Waals surface area contributed by atoms with Crippen LogP contribution in [-0.2, 0) is 14.3 Å². The third kappa shape index (κ3) is 3.58. The fourth-order valence-corrected chi connectivity index (χ4v) is 1.07. The van der Waals surface area contributed by atoms with Gasteiger partial charge >= 0.3 is 5.97 Å². The van der Waals surface area contributed by atoms with Crippen molar-refractivity contribution in [2.75, 3.05) is 7.11 Å². The van der Waals surface area contributed by atoms with Crippen LogP contribution in [0.25, 0.3) is 0 Å². The zero-order chi connectivity index (χ0) is 11.1. The van der Waals surface area contributed by atoms with Gasteiger partial charge in [0.05, 0.1) is 7.11 Å². The molecule has 0 radical (unpaired) electrons. The molecule has 0 aliphatic heterocycles. The van der Waals surface area contributed by atoms with E-state index in [0.717, 1.165) is 0 Å².